The van der Waals surface area contributed by atoms with E-state index in [2.05, 4.69) is 4.98 Å². The van der Waals surface area contributed by atoms with Gasteiger partial charge in [-0.15, -0.1) is 0 Å². The lowest BCUT2D eigenvalue weighted by Gasteiger charge is -2.26. The number of ether oxygens (including phenoxy) is 2. The van der Waals surface area contributed by atoms with Gasteiger partial charge in [0.2, 0.25) is 0 Å². The fraction of sp³-hybridized carbons (Fsp3) is 0.500. The molecule has 0 aliphatic carbocycles. The number of nitrogens with zero attached hydrogens (tertiary/aromatic N) is 1. The van der Waals surface area contributed by atoms with Crippen LogP contribution in [-0.2, 0) is 25.7 Å². The standard InChI is InChI=1S/C14H19NO4/c1-10(14(2,3)4)19-13(17)12(16)18-9-11-6-5-7-15-8-11/h5-8,10H,9H2,1-4H3/t10-/m1/s1. The van der Waals surface area contributed by atoms with E-state index in [0.717, 1.165) is 0 Å². The molecule has 0 unspecified atom stereocenters. The lowest BCUT2D eigenvalue weighted by Crippen LogP contribution is -2.32. The van der Waals surface area contributed by atoms with Gasteiger partial charge in [0, 0.05) is 18.0 Å². The SMILES string of the molecule is C[C@@H](OC(=O)C(=O)OCc1cccnc1)C(C)(C)C. The first kappa shape index (κ1) is 15.1. The monoisotopic (exact) mass is 265 g/mol. The molecule has 5 nitrogen and oxygen atoms in total. The van der Waals surface area contributed by atoms with E-state index >= 15 is 0 Å². The Labute approximate surface area is 112 Å². The summed E-state index contributed by atoms with van der Waals surface area (Å²) in [7, 11) is 0. The fourth-order valence-corrected chi connectivity index (χ4v) is 1.08. The Morgan fingerprint density at radius 2 is 2.00 bits per heavy atom. The Kier molecular flexibility index (Phi) is 5.03. The number of hydrogen-bond acceptors (Lipinski definition) is 5. The minimum absolute atomic E-state index is 0.00563. The van der Waals surface area contributed by atoms with Crippen molar-refractivity contribution < 1.29 is 19.1 Å². The van der Waals surface area contributed by atoms with Crippen LogP contribution in [0, 0.1) is 5.41 Å². The third kappa shape index (κ3) is 5.07. The summed E-state index contributed by atoms with van der Waals surface area (Å²) in [6.45, 7) is 7.52. The van der Waals surface area contributed by atoms with E-state index < -0.39 is 11.9 Å². The third-order valence-electron chi connectivity index (χ3n) is 2.76. The number of esters is 2. The topological polar surface area (TPSA) is 65.5 Å². The maximum absolute atomic E-state index is 11.5. The van der Waals surface area contributed by atoms with Crippen molar-refractivity contribution in [3.05, 3.63) is 30.1 Å². The van der Waals surface area contributed by atoms with Gasteiger partial charge in [-0.2, -0.15) is 0 Å². The van der Waals surface area contributed by atoms with Gasteiger partial charge in [0.1, 0.15) is 12.7 Å². The van der Waals surface area contributed by atoms with E-state index in [9.17, 15) is 9.59 Å². The van der Waals surface area contributed by atoms with Crippen molar-refractivity contribution >= 4 is 11.9 Å². The first-order valence-corrected chi connectivity index (χ1v) is 6.07. The minimum Gasteiger partial charge on any atom is -0.454 e. The van der Waals surface area contributed by atoms with Crippen LogP contribution in [0.3, 0.4) is 0 Å². The van der Waals surface area contributed by atoms with Gasteiger partial charge in [-0.3, -0.25) is 4.98 Å². The van der Waals surface area contributed by atoms with Gasteiger partial charge in [0.25, 0.3) is 0 Å². The summed E-state index contributed by atoms with van der Waals surface area (Å²) < 4.78 is 9.89. The molecule has 19 heavy (non-hydrogen) atoms. The third-order valence-corrected chi connectivity index (χ3v) is 2.76. The smallest absolute Gasteiger partial charge is 0.417 e. The van der Waals surface area contributed by atoms with Gasteiger partial charge in [-0.1, -0.05) is 26.8 Å². The van der Waals surface area contributed by atoms with Crippen molar-refractivity contribution in [3.8, 4) is 0 Å². The molecule has 0 N–H and O–H groups in total. The summed E-state index contributed by atoms with van der Waals surface area (Å²) in [6.07, 6.45) is 2.81. The van der Waals surface area contributed by atoms with Crippen molar-refractivity contribution in [2.24, 2.45) is 5.41 Å². The second kappa shape index (κ2) is 6.31. The maximum atomic E-state index is 11.5. The van der Waals surface area contributed by atoms with E-state index in [1.807, 2.05) is 20.8 Å². The molecule has 0 bridgehead atoms. The highest BCUT2D eigenvalue weighted by molar-refractivity contribution is 6.29. The van der Waals surface area contributed by atoms with Crippen molar-refractivity contribution in [2.45, 2.75) is 40.4 Å². The molecular weight excluding hydrogens is 246 g/mol. The van der Waals surface area contributed by atoms with E-state index in [4.69, 9.17) is 9.47 Å². The molecule has 0 aromatic carbocycles. The van der Waals surface area contributed by atoms with Crippen molar-refractivity contribution in [1.82, 2.24) is 4.98 Å². The molecule has 0 amide bonds. The highest BCUT2D eigenvalue weighted by Gasteiger charge is 2.27. The first-order chi connectivity index (χ1) is 8.80. The zero-order chi connectivity index (χ0) is 14.5. The van der Waals surface area contributed by atoms with E-state index in [1.54, 1.807) is 31.5 Å². The van der Waals surface area contributed by atoms with Crippen LogP contribution in [0.1, 0.15) is 33.3 Å². The molecule has 0 saturated heterocycles. The summed E-state index contributed by atoms with van der Waals surface area (Å²) in [4.78, 5) is 26.9. The molecule has 5 heteroatoms. The molecule has 1 rings (SSSR count). The zero-order valence-electron chi connectivity index (χ0n) is 11.7. The summed E-state index contributed by atoms with van der Waals surface area (Å²) in [5.41, 5.74) is 0.492. The van der Waals surface area contributed by atoms with Crippen LogP contribution in [-0.4, -0.2) is 23.0 Å². The molecule has 0 saturated carbocycles. The number of carbonyl (C=O) groups excluding carboxylic acids is 2. The first-order valence-electron chi connectivity index (χ1n) is 6.07. The van der Waals surface area contributed by atoms with E-state index in [0.29, 0.717) is 5.56 Å². The van der Waals surface area contributed by atoms with Gasteiger partial charge in [-0.25, -0.2) is 9.59 Å². The summed E-state index contributed by atoms with van der Waals surface area (Å²) in [5, 5.41) is 0. The molecule has 1 aromatic heterocycles. The average Bonchev–Trinajstić information content (AvgIpc) is 2.35. The number of hydrogen-bond donors (Lipinski definition) is 0. The molecule has 104 valence electrons. The predicted molar refractivity (Wildman–Crippen MR) is 69.0 cm³/mol. The number of pyridine rings is 1. The van der Waals surface area contributed by atoms with Gasteiger partial charge in [-0.05, 0) is 18.4 Å². The molecule has 1 heterocycles. The van der Waals surface area contributed by atoms with Crippen LogP contribution in [0.4, 0.5) is 0 Å². The van der Waals surface area contributed by atoms with Gasteiger partial charge in [0.15, 0.2) is 0 Å². The molecule has 0 radical (unpaired) electrons. The molecular formula is C14H19NO4. The zero-order valence-corrected chi connectivity index (χ0v) is 11.7. The summed E-state index contributed by atoms with van der Waals surface area (Å²) in [5.74, 6) is -1.95. The van der Waals surface area contributed by atoms with Crippen LogP contribution < -0.4 is 0 Å². The Morgan fingerprint density at radius 3 is 2.53 bits per heavy atom. The lowest BCUT2D eigenvalue weighted by atomic mass is 9.90. The maximum Gasteiger partial charge on any atom is 0.417 e. The van der Waals surface area contributed by atoms with Crippen molar-refractivity contribution in [2.75, 3.05) is 0 Å². The Bertz CT molecular complexity index is 437. The van der Waals surface area contributed by atoms with Gasteiger partial charge in [0.05, 0.1) is 0 Å². The lowest BCUT2D eigenvalue weighted by molar-refractivity contribution is -0.174. The van der Waals surface area contributed by atoms with E-state index in [1.165, 1.54) is 0 Å². The van der Waals surface area contributed by atoms with Crippen molar-refractivity contribution in [3.63, 3.8) is 0 Å². The summed E-state index contributed by atoms with van der Waals surface area (Å²) in [6, 6.07) is 3.48. The Balaban J connectivity index is 2.44. The fourth-order valence-electron chi connectivity index (χ4n) is 1.08. The normalized spacial score (nSPS) is 12.6. The molecule has 0 aliphatic heterocycles. The summed E-state index contributed by atoms with van der Waals surface area (Å²) >= 11 is 0. The second-order valence-corrected chi connectivity index (χ2v) is 5.35. The van der Waals surface area contributed by atoms with Crippen LogP contribution in [0.25, 0.3) is 0 Å². The van der Waals surface area contributed by atoms with E-state index in [-0.39, 0.29) is 18.1 Å². The molecule has 0 spiro atoms. The highest BCUT2D eigenvalue weighted by Crippen LogP contribution is 2.21. The predicted octanol–water partition coefficient (Wildman–Crippen LogP) is 2.10. The second-order valence-electron chi connectivity index (χ2n) is 5.35. The minimum atomic E-state index is -0.986. The quantitative estimate of drug-likeness (QED) is 0.618. The molecule has 1 atom stereocenters. The highest BCUT2D eigenvalue weighted by atomic mass is 16.6. The largest absolute Gasteiger partial charge is 0.454 e. The van der Waals surface area contributed by atoms with Crippen molar-refractivity contribution in [1.29, 1.82) is 0 Å². The number of aromatic nitrogens is 1. The van der Waals surface area contributed by atoms with Crippen LogP contribution in [0.5, 0.6) is 0 Å². The van der Waals surface area contributed by atoms with Crippen LogP contribution in [0.2, 0.25) is 0 Å². The van der Waals surface area contributed by atoms with Gasteiger partial charge < -0.3 is 9.47 Å². The molecule has 1 aromatic rings. The van der Waals surface area contributed by atoms with Gasteiger partial charge >= 0.3 is 11.9 Å². The Morgan fingerprint density at radius 1 is 1.32 bits per heavy atom. The Hall–Kier alpha value is -1.91. The number of rotatable bonds is 3. The molecule has 0 aliphatic rings. The molecule has 0 fully saturated rings. The average molecular weight is 265 g/mol. The van der Waals surface area contributed by atoms with Crippen LogP contribution >= 0.6 is 0 Å². The van der Waals surface area contributed by atoms with Crippen LogP contribution in [0.15, 0.2) is 24.5 Å². The number of carbonyl (C=O) groups is 2.